The normalized spacial score (nSPS) is 11.0. The number of hydrogen-bond acceptors (Lipinski definition) is 3. The third-order valence-electron chi connectivity index (χ3n) is 4.54. The number of hydrogen-bond donors (Lipinski definition) is 2. The number of nitrogens with one attached hydrogen (secondary N) is 2. The minimum atomic E-state index is 0.463. The monoisotopic (exact) mass is 368 g/mol. The highest BCUT2D eigenvalue weighted by molar-refractivity contribution is 5.95. The second-order valence-electron chi connectivity index (χ2n) is 6.37. The maximum Gasteiger partial charge on any atom is 0.144 e. The first-order valence-electron chi connectivity index (χ1n) is 9.09. The molecule has 4 nitrogen and oxygen atoms in total. The summed E-state index contributed by atoms with van der Waals surface area (Å²) in [5.74, 6) is 0.726. The molecule has 1 heterocycles. The van der Waals surface area contributed by atoms with Gasteiger partial charge in [-0.05, 0) is 47.0 Å². The van der Waals surface area contributed by atoms with Gasteiger partial charge in [0, 0.05) is 23.3 Å². The van der Waals surface area contributed by atoms with Crippen molar-refractivity contribution in [3.05, 3.63) is 96.8 Å². The molecule has 0 aliphatic carbocycles. The van der Waals surface area contributed by atoms with Crippen molar-refractivity contribution in [1.29, 1.82) is 0 Å². The molecule has 0 aliphatic heterocycles. The fourth-order valence-electron chi connectivity index (χ4n) is 3.18. The van der Waals surface area contributed by atoms with Crippen LogP contribution in [0.15, 0.2) is 91.3 Å². The molecule has 1 aromatic heterocycles. The van der Waals surface area contributed by atoms with E-state index in [1.807, 2.05) is 60.8 Å². The number of benzene rings is 3. The first-order valence-corrected chi connectivity index (χ1v) is 9.09. The smallest absolute Gasteiger partial charge is 0.144 e. The highest BCUT2D eigenvalue weighted by Gasteiger charge is 2.09. The van der Waals surface area contributed by atoms with E-state index in [0.717, 1.165) is 45.3 Å². The fraction of sp³-hybridized carbons (Fsp3) is 0.0417. The molecule has 0 spiro atoms. The molecule has 0 aliphatic rings. The minimum Gasteiger partial charge on any atom is -0.487 e. The van der Waals surface area contributed by atoms with E-state index in [9.17, 15) is 4.79 Å². The van der Waals surface area contributed by atoms with Gasteiger partial charge in [-0.1, -0.05) is 48.5 Å². The molecule has 138 valence electrons. The Kier molecular flexibility index (Phi) is 5.20. The highest BCUT2D eigenvalue weighted by atomic mass is 16.5. The number of allylic oxidation sites excluding steroid dienone is 1. The number of carbonyl (C=O) groups excluding carboxylic acids is 1. The van der Waals surface area contributed by atoms with Crippen molar-refractivity contribution in [3.8, 4) is 16.9 Å². The van der Waals surface area contributed by atoms with Gasteiger partial charge in [-0.3, -0.25) is 4.79 Å². The number of carbonyl (C=O) groups is 1. The van der Waals surface area contributed by atoms with E-state index in [-0.39, 0.29) is 0 Å². The number of anilines is 1. The minimum absolute atomic E-state index is 0.463. The molecular formula is C24H20N2O2. The number of H-pyrrole nitrogens is 1. The van der Waals surface area contributed by atoms with E-state index < -0.39 is 0 Å². The van der Waals surface area contributed by atoms with E-state index in [1.54, 1.807) is 6.20 Å². The maximum atomic E-state index is 10.6. The summed E-state index contributed by atoms with van der Waals surface area (Å²) in [6, 6.07) is 24.4. The van der Waals surface area contributed by atoms with E-state index in [1.165, 1.54) is 6.08 Å². The molecule has 0 fully saturated rings. The Morgan fingerprint density at radius 3 is 2.71 bits per heavy atom. The van der Waals surface area contributed by atoms with Crippen LogP contribution in [0.25, 0.3) is 22.0 Å². The summed E-state index contributed by atoms with van der Waals surface area (Å²) in [5, 5.41) is 4.28. The molecule has 2 N–H and O–H groups in total. The van der Waals surface area contributed by atoms with Crippen LogP contribution >= 0.6 is 0 Å². The first-order chi connectivity index (χ1) is 13.8. The maximum absolute atomic E-state index is 10.6. The van der Waals surface area contributed by atoms with Crippen LogP contribution < -0.4 is 10.1 Å². The van der Waals surface area contributed by atoms with E-state index in [2.05, 4.69) is 28.5 Å². The molecule has 0 atom stereocenters. The van der Waals surface area contributed by atoms with Gasteiger partial charge in [0.15, 0.2) is 0 Å². The third kappa shape index (κ3) is 3.81. The van der Waals surface area contributed by atoms with Crippen molar-refractivity contribution in [3.63, 3.8) is 0 Å². The van der Waals surface area contributed by atoms with Gasteiger partial charge < -0.3 is 15.0 Å². The summed E-state index contributed by atoms with van der Waals surface area (Å²) in [6.45, 7) is 0.463. The molecule has 0 radical (unpaired) electrons. The quantitative estimate of drug-likeness (QED) is 0.333. The van der Waals surface area contributed by atoms with Gasteiger partial charge >= 0.3 is 0 Å². The third-order valence-corrected chi connectivity index (χ3v) is 4.54. The summed E-state index contributed by atoms with van der Waals surface area (Å²) in [5.41, 5.74) is 5.20. The average molecular weight is 368 g/mol. The molecule has 3 aromatic carbocycles. The summed E-state index contributed by atoms with van der Waals surface area (Å²) >= 11 is 0. The number of ether oxygens (including phenoxy) is 1. The second kappa shape index (κ2) is 8.27. The van der Waals surface area contributed by atoms with Gasteiger partial charge in [-0.2, -0.15) is 0 Å². The van der Waals surface area contributed by atoms with Crippen molar-refractivity contribution in [1.82, 2.24) is 4.98 Å². The van der Waals surface area contributed by atoms with Crippen LogP contribution in [-0.4, -0.2) is 11.3 Å². The van der Waals surface area contributed by atoms with Crippen molar-refractivity contribution in [2.75, 3.05) is 5.32 Å². The number of aromatic amines is 1. The second-order valence-corrected chi connectivity index (χ2v) is 6.37. The largest absolute Gasteiger partial charge is 0.487 e. The van der Waals surface area contributed by atoms with Crippen LogP contribution in [0.2, 0.25) is 0 Å². The van der Waals surface area contributed by atoms with Crippen LogP contribution in [0.3, 0.4) is 0 Å². The van der Waals surface area contributed by atoms with Crippen molar-refractivity contribution in [2.24, 2.45) is 0 Å². The molecule has 4 rings (SSSR count). The van der Waals surface area contributed by atoms with Gasteiger partial charge in [-0.25, -0.2) is 0 Å². The predicted octanol–water partition coefficient (Wildman–Crippen LogP) is 5.54. The molecular weight excluding hydrogens is 348 g/mol. The lowest BCUT2D eigenvalue weighted by Crippen LogP contribution is -1.99. The van der Waals surface area contributed by atoms with E-state index >= 15 is 0 Å². The van der Waals surface area contributed by atoms with Gasteiger partial charge in [0.25, 0.3) is 0 Å². The van der Waals surface area contributed by atoms with Gasteiger partial charge in [0.2, 0.25) is 0 Å². The summed E-state index contributed by atoms with van der Waals surface area (Å²) < 4.78 is 6.12. The van der Waals surface area contributed by atoms with Crippen molar-refractivity contribution >= 4 is 22.9 Å². The number of aldehydes is 1. The zero-order chi connectivity index (χ0) is 19.2. The first kappa shape index (κ1) is 17.6. The van der Waals surface area contributed by atoms with Crippen LogP contribution in [0.1, 0.15) is 5.56 Å². The van der Waals surface area contributed by atoms with E-state index in [4.69, 9.17) is 4.74 Å². The van der Waals surface area contributed by atoms with Crippen molar-refractivity contribution < 1.29 is 9.53 Å². The Hall–Kier alpha value is -3.79. The molecule has 0 unspecified atom stereocenters. The lowest BCUT2D eigenvalue weighted by molar-refractivity contribution is -0.104. The van der Waals surface area contributed by atoms with Gasteiger partial charge in [0.05, 0.1) is 5.69 Å². The molecule has 4 heteroatoms. The van der Waals surface area contributed by atoms with Gasteiger partial charge in [0.1, 0.15) is 18.6 Å². The predicted molar refractivity (Wildman–Crippen MR) is 113 cm³/mol. The molecule has 4 aromatic rings. The van der Waals surface area contributed by atoms with Gasteiger partial charge in [-0.15, -0.1) is 0 Å². The molecule has 0 bridgehead atoms. The fourth-order valence-corrected chi connectivity index (χ4v) is 3.18. The SMILES string of the molecule is O=CC=CNc1ccc(-c2cccc3[nH]ccc23)cc1OCc1ccccc1. The Bertz CT molecular complexity index is 1110. The van der Waals surface area contributed by atoms with E-state index in [0.29, 0.717) is 6.61 Å². The highest BCUT2D eigenvalue weighted by Crippen LogP contribution is 2.34. The summed E-state index contributed by atoms with van der Waals surface area (Å²) in [6.07, 6.45) is 5.69. The molecule has 28 heavy (non-hydrogen) atoms. The Morgan fingerprint density at radius 2 is 1.86 bits per heavy atom. The lowest BCUT2D eigenvalue weighted by atomic mass is 10.0. The summed E-state index contributed by atoms with van der Waals surface area (Å²) in [4.78, 5) is 13.8. The van der Waals surface area contributed by atoms with Crippen LogP contribution in [0.5, 0.6) is 5.75 Å². The Labute approximate surface area is 163 Å². The summed E-state index contributed by atoms with van der Waals surface area (Å²) in [7, 11) is 0. The number of aromatic nitrogens is 1. The van der Waals surface area contributed by atoms with Crippen LogP contribution in [0.4, 0.5) is 5.69 Å². The molecule has 0 amide bonds. The molecule has 0 saturated heterocycles. The standard InChI is InChI=1S/C24H20N2O2/c27-15-5-13-25-23-11-10-19(20-8-4-9-22-21(20)12-14-26-22)16-24(23)28-17-18-6-2-1-3-7-18/h1-16,25-26H,17H2. The van der Waals surface area contributed by atoms with Crippen LogP contribution in [-0.2, 0) is 11.4 Å². The lowest BCUT2D eigenvalue weighted by Gasteiger charge is -2.14. The topological polar surface area (TPSA) is 54.1 Å². The number of rotatable bonds is 7. The van der Waals surface area contributed by atoms with Crippen molar-refractivity contribution in [2.45, 2.75) is 6.61 Å². The Morgan fingerprint density at radius 1 is 0.964 bits per heavy atom. The average Bonchev–Trinajstić information content (AvgIpc) is 3.23. The zero-order valence-corrected chi connectivity index (χ0v) is 15.3. The van der Waals surface area contributed by atoms with Crippen LogP contribution in [0, 0.1) is 0 Å². The Balaban J connectivity index is 1.69. The molecule has 0 saturated carbocycles. The zero-order valence-electron chi connectivity index (χ0n) is 15.3. The number of fused-ring (bicyclic) bond motifs is 1.